The second kappa shape index (κ2) is 9.84. The van der Waals surface area contributed by atoms with E-state index >= 15 is 0 Å². The molecule has 6 nitrogen and oxygen atoms in total. The Labute approximate surface area is 148 Å². The van der Waals surface area contributed by atoms with Crippen molar-refractivity contribution < 1.29 is 9.47 Å². The smallest absolute Gasteiger partial charge is 0.333 e. The highest BCUT2D eigenvalue weighted by atomic mass is 16.5. The molecule has 0 atom stereocenters. The van der Waals surface area contributed by atoms with Gasteiger partial charge in [-0.15, -0.1) is 0 Å². The lowest BCUT2D eigenvalue weighted by molar-refractivity contribution is 0.0788. The lowest BCUT2D eigenvalue weighted by atomic mass is 10.1. The lowest BCUT2D eigenvalue weighted by Crippen LogP contribution is -2.33. The first-order valence-corrected chi connectivity index (χ1v) is 8.66. The maximum Gasteiger partial charge on any atom is 0.333 e. The third kappa shape index (κ3) is 5.32. The number of nitrogens with zero attached hydrogens (tertiary/aromatic N) is 1. The second-order valence-corrected chi connectivity index (χ2v) is 5.37. The van der Waals surface area contributed by atoms with Crippen molar-refractivity contribution in [2.45, 2.75) is 54.7 Å². The van der Waals surface area contributed by atoms with Crippen LogP contribution in [0, 0.1) is 13.8 Å². The van der Waals surface area contributed by atoms with Gasteiger partial charge in [0.05, 0.1) is 5.56 Å². The van der Waals surface area contributed by atoms with Gasteiger partial charge in [0.25, 0.3) is 5.56 Å². The Balaban J connectivity index is 0.00000151. The molecule has 0 bridgehead atoms. The highest BCUT2D eigenvalue weighted by Crippen LogP contribution is 2.25. The van der Waals surface area contributed by atoms with Crippen molar-refractivity contribution in [3.63, 3.8) is 0 Å². The quantitative estimate of drug-likeness (QED) is 0.867. The monoisotopic (exact) mass is 348 g/mol. The molecule has 6 heteroatoms. The van der Waals surface area contributed by atoms with Crippen molar-refractivity contribution in [2.24, 2.45) is 0 Å². The van der Waals surface area contributed by atoms with Crippen LogP contribution in [0.1, 0.15) is 44.4 Å². The number of hydrogen-bond acceptors (Lipinski definition) is 4. The van der Waals surface area contributed by atoms with Crippen LogP contribution in [0.5, 0.6) is 11.6 Å². The standard InChI is InChI=1S/C17H22N2O4.C2H6/c1-5-14-15(20)18-17(21)19(10-22-6-2)16(14)23-13-8-11(3)7-12(4)9-13;1-2/h7-9H,5-6,10H2,1-4H3,(H,18,20,21);1-2H3. The van der Waals surface area contributed by atoms with Gasteiger partial charge in [-0.1, -0.05) is 26.8 Å². The maximum absolute atomic E-state index is 12.1. The molecule has 1 N–H and O–H groups in total. The molecule has 138 valence electrons. The summed E-state index contributed by atoms with van der Waals surface area (Å²) >= 11 is 0. The van der Waals surface area contributed by atoms with Crippen LogP contribution in [0.2, 0.25) is 0 Å². The molecule has 0 aliphatic heterocycles. The Kier molecular flexibility index (Phi) is 8.15. The fraction of sp³-hybridized carbons (Fsp3) is 0.474. The molecule has 1 heterocycles. The zero-order valence-corrected chi connectivity index (χ0v) is 15.9. The third-order valence-electron chi connectivity index (χ3n) is 3.43. The van der Waals surface area contributed by atoms with Crippen molar-refractivity contribution in [3.8, 4) is 11.6 Å². The number of aromatic nitrogens is 2. The second-order valence-electron chi connectivity index (χ2n) is 5.37. The van der Waals surface area contributed by atoms with Crippen LogP contribution in [0.25, 0.3) is 0 Å². The van der Waals surface area contributed by atoms with Gasteiger partial charge >= 0.3 is 5.69 Å². The van der Waals surface area contributed by atoms with Crippen LogP contribution in [0.3, 0.4) is 0 Å². The summed E-state index contributed by atoms with van der Waals surface area (Å²) in [5.74, 6) is 0.826. The Morgan fingerprint density at radius 1 is 1.04 bits per heavy atom. The van der Waals surface area contributed by atoms with Crippen LogP contribution in [-0.2, 0) is 17.9 Å². The maximum atomic E-state index is 12.1. The van der Waals surface area contributed by atoms with E-state index in [2.05, 4.69) is 4.98 Å². The number of ether oxygens (including phenoxy) is 2. The van der Waals surface area contributed by atoms with Crippen molar-refractivity contribution >= 4 is 0 Å². The zero-order valence-electron chi connectivity index (χ0n) is 15.9. The molecule has 0 radical (unpaired) electrons. The molecular weight excluding hydrogens is 320 g/mol. The highest BCUT2D eigenvalue weighted by Gasteiger charge is 2.16. The van der Waals surface area contributed by atoms with E-state index in [0.717, 1.165) is 11.1 Å². The van der Waals surface area contributed by atoms with Gasteiger partial charge in [-0.2, -0.15) is 0 Å². The van der Waals surface area contributed by atoms with E-state index in [1.54, 1.807) is 0 Å². The van der Waals surface area contributed by atoms with Crippen LogP contribution in [0.4, 0.5) is 0 Å². The van der Waals surface area contributed by atoms with Gasteiger partial charge in [-0.25, -0.2) is 9.36 Å². The zero-order chi connectivity index (χ0) is 19.0. The lowest BCUT2D eigenvalue weighted by Gasteiger charge is -2.16. The van der Waals surface area contributed by atoms with E-state index in [4.69, 9.17) is 9.47 Å². The molecule has 0 aliphatic rings. The van der Waals surface area contributed by atoms with E-state index in [-0.39, 0.29) is 12.6 Å². The summed E-state index contributed by atoms with van der Waals surface area (Å²) in [5, 5.41) is 0. The first kappa shape index (κ1) is 20.7. The molecule has 0 saturated heterocycles. The van der Waals surface area contributed by atoms with Gasteiger partial charge in [0.15, 0.2) is 0 Å². The first-order valence-electron chi connectivity index (χ1n) is 8.66. The molecule has 0 aliphatic carbocycles. The molecule has 0 unspecified atom stereocenters. The summed E-state index contributed by atoms with van der Waals surface area (Å²) in [6, 6.07) is 5.75. The average Bonchev–Trinajstić information content (AvgIpc) is 2.55. The third-order valence-corrected chi connectivity index (χ3v) is 3.43. The highest BCUT2D eigenvalue weighted by molar-refractivity contribution is 5.37. The Morgan fingerprint density at radius 2 is 1.64 bits per heavy atom. The molecule has 0 amide bonds. The fourth-order valence-corrected chi connectivity index (χ4v) is 2.42. The molecular formula is C19H28N2O4. The van der Waals surface area contributed by atoms with E-state index in [0.29, 0.717) is 24.3 Å². The molecule has 2 aromatic rings. The summed E-state index contributed by atoms with van der Waals surface area (Å²) in [5.41, 5.74) is 1.54. The predicted octanol–water partition coefficient (Wildman–Crippen LogP) is 3.53. The SMILES string of the molecule is CC.CCOCn1c(Oc2cc(C)cc(C)c2)c(CC)c(=O)[nH]c1=O. The number of aryl methyl sites for hydroxylation is 2. The van der Waals surface area contributed by atoms with Crippen molar-refractivity contribution in [2.75, 3.05) is 6.61 Å². The average molecular weight is 348 g/mol. The molecule has 1 aromatic carbocycles. The molecule has 1 aromatic heterocycles. The Hall–Kier alpha value is -2.34. The van der Waals surface area contributed by atoms with Crippen molar-refractivity contribution in [3.05, 3.63) is 55.7 Å². The van der Waals surface area contributed by atoms with Gasteiger partial charge in [-0.3, -0.25) is 9.78 Å². The summed E-state index contributed by atoms with van der Waals surface area (Å²) in [7, 11) is 0. The minimum atomic E-state index is -0.542. The van der Waals surface area contributed by atoms with Crippen LogP contribution < -0.4 is 16.0 Å². The number of rotatable bonds is 6. The number of nitrogens with one attached hydrogen (secondary N) is 1. The Bertz CT molecular complexity index is 786. The van der Waals surface area contributed by atoms with Gasteiger partial charge < -0.3 is 9.47 Å². The topological polar surface area (TPSA) is 73.3 Å². The van der Waals surface area contributed by atoms with Gasteiger partial charge in [0.2, 0.25) is 5.88 Å². The summed E-state index contributed by atoms with van der Waals surface area (Å²) < 4.78 is 12.5. The van der Waals surface area contributed by atoms with E-state index in [1.165, 1.54) is 4.57 Å². The summed E-state index contributed by atoms with van der Waals surface area (Å²) in [4.78, 5) is 26.5. The first-order chi connectivity index (χ1) is 12.0. The van der Waals surface area contributed by atoms with Crippen molar-refractivity contribution in [1.29, 1.82) is 0 Å². The Morgan fingerprint density at radius 3 is 2.16 bits per heavy atom. The number of H-pyrrole nitrogens is 1. The molecule has 25 heavy (non-hydrogen) atoms. The largest absolute Gasteiger partial charge is 0.440 e. The summed E-state index contributed by atoms with van der Waals surface area (Å²) in [6.07, 6.45) is 0.446. The normalized spacial score (nSPS) is 10.2. The van der Waals surface area contributed by atoms with E-state index in [9.17, 15) is 9.59 Å². The van der Waals surface area contributed by atoms with Gasteiger partial charge in [-0.05, 0) is 50.5 Å². The number of aromatic amines is 1. The fourth-order valence-electron chi connectivity index (χ4n) is 2.42. The number of benzene rings is 1. The van der Waals surface area contributed by atoms with Crippen LogP contribution in [0.15, 0.2) is 27.8 Å². The van der Waals surface area contributed by atoms with Gasteiger partial charge in [0, 0.05) is 6.61 Å². The number of hydrogen-bond donors (Lipinski definition) is 1. The van der Waals surface area contributed by atoms with Crippen LogP contribution in [-0.4, -0.2) is 16.2 Å². The molecule has 0 saturated carbocycles. The van der Waals surface area contributed by atoms with E-state index < -0.39 is 11.2 Å². The van der Waals surface area contributed by atoms with Gasteiger partial charge in [0.1, 0.15) is 12.5 Å². The molecule has 0 spiro atoms. The summed E-state index contributed by atoms with van der Waals surface area (Å²) in [6.45, 7) is 12.1. The van der Waals surface area contributed by atoms with Crippen molar-refractivity contribution in [1.82, 2.24) is 9.55 Å². The molecule has 2 rings (SSSR count). The molecule has 0 fully saturated rings. The minimum Gasteiger partial charge on any atom is -0.440 e. The predicted molar refractivity (Wildman–Crippen MR) is 99.7 cm³/mol. The van der Waals surface area contributed by atoms with Crippen LogP contribution >= 0.6 is 0 Å². The minimum absolute atomic E-state index is 0.0270. The van der Waals surface area contributed by atoms with E-state index in [1.807, 2.05) is 59.7 Å².